The van der Waals surface area contributed by atoms with Crippen LogP contribution in [0.25, 0.3) is 44.7 Å². The van der Waals surface area contributed by atoms with Gasteiger partial charge in [-0.05, 0) is 45.9 Å². The molecule has 34 heavy (non-hydrogen) atoms. The predicted molar refractivity (Wildman–Crippen MR) is 134 cm³/mol. The van der Waals surface area contributed by atoms with Gasteiger partial charge < -0.3 is 13.7 Å². The lowest BCUT2D eigenvalue weighted by atomic mass is 9.89. The molecule has 5 aromatic rings. The van der Waals surface area contributed by atoms with Gasteiger partial charge in [0.1, 0.15) is 11.2 Å². The van der Waals surface area contributed by atoms with Crippen LogP contribution in [0.3, 0.4) is 0 Å². The highest BCUT2D eigenvalue weighted by atomic mass is 16.7. The van der Waals surface area contributed by atoms with Crippen LogP contribution in [0.4, 0.5) is 0 Å². The maximum absolute atomic E-state index is 6.25. The fourth-order valence-corrected chi connectivity index (χ4v) is 4.16. The number of para-hydroxylation sites is 1. The Morgan fingerprint density at radius 2 is 1.24 bits per heavy atom. The molecule has 1 saturated heterocycles. The van der Waals surface area contributed by atoms with E-state index in [1.807, 2.05) is 88.4 Å². The number of hydrogen-bond acceptors (Lipinski definition) is 6. The predicted octanol–water partition coefficient (Wildman–Crippen LogP) is 5.40. The van der Waals surface area contributed by atoms with Gasteiger partial charge in [-0.3, -0.25) is 0 Å². The molecule has 0 unspecified atom stereocenters. The molecular weight excluding hydrogens is 425 g/mol. The van der Waals surface area contributed by atoms with Crippen molar-refractivity contribution in [1.29, 1.82) is 0 Å². The van der Waals surface area contributed by atoms with E-state index >= 15 is 0 Å². The second-order valence-corrected chi connectivity index (χ2v) is 9.60. The van der Waals surface area contributed by atoms with Crippen molar-refractivity contribution in [3.8, 4) is 22.8 Å². The van der Waals surface area contributed by atoms with Crippen molar-refractivity contribution >= 4 is 34.8 Å². The van der Waals surface area contributed by atoms with Crippen molar-refractivity contribution in [2.75, 3.05) is 0 Å². The Bertz CT molecular complexity index is 1510. The van der Waals surface area contributed by atoms with Crippen molar-refractivity contribution in [2.45, 2.75) is 38.9 Å². The Hall–Kier alpha value is -3.55. The molecule has 0 amide bonds. The van der Waals surface area contributed by atoms with E-state index in [1.54, 1.807) is 0 Å². The number of fused-ring (bicyclic) bond motifs is 3. The molecule has 0 N–H and O–H groups in total. The molecule has 0 atom stereocenters. The summed E-state index contributed by atoms with van der Waals surface area (Å²) < 4.78 is 18.6. The minimum Gasteiger partial charge on any atom is -0.456 e. The van der Waals surface area contributed by atoms with Gasteiger partial charge >= 0.3 is 7.12 Å². The number of rotatable bonds is 3. The van der Waals surface area contributed by atoms with Crippen molar-refractivity contribution in [3.05, 3.63) is 72.8 Å². The zero-order valence-electron chi connectivity index (χ0n) is 19.6. The van der Waals surface area contributed by atoms with Crippen LogP contribution >= 0.6 is 0 Å². The summed E-state index contributed by atoms with van der Waals surface area (Å²) in [6.07, 6.45) is 0. The topological polar surface area (TPSA) is 70.3 Å². The quantitative estimate of drug-likeness (QED) is 0.344. The van der Waals surface area contributed by atoms with Crippen molar-refractivity contribution in [1.82, 2.24) is 15.0 Å². The lowest BCUT2D eigenvalue weighted by Crippen LogP contribution is -2.41. The van der Waals surface area contributed by atoms with Crippen LogP contribution < -0.4 is 5.72 Å². The minimum absolute atomic E-state index is 0.451. The first-order chi connectivity index (χ1) is 16.3. The van der Waals surface area contributed by atoms with Gasteiger partial charge in [-0.25, -0.2) is 15.0 Å². The van der Waals surface area contributed by atoms with E-state index in [0.717, 1.165) is 33.1 Å². The van der Waals surface area contributed by atoms with Crippen LogP contribution in [0.5, 0.6) is 0 Å². The number of hydrogen-bond donors (Lipinski definition) is 0. The van der Waals surface area contributed by atoms with E-state index in [4.69, 9.17) is 28.7 Å². The molecular formula is C27H24BN3O3. The number of nitrogens with zero attached hydrogens (tertiary/aromatic N) is 3. The summed E-state index contributed by atoms with van der Waals surface area (Å²) in [4.78, 5) is 14.3. The highest BCUT2D eigenvalue weighted by Gasteiger charge is 2.53. The molecule has 6 nitrogen and oxygen atoms in total. The second-order valence-electron chi connectivity index (χ2n) is 9.60. The van der Waals surface area contributed by atoms with E-state index in [-0.39, 0.29) is 0 Å². The summed E-state index contributed by atoms with van der Waals surface area (Å²) in [6.45, 7) is 8.07. The molecule has 7 heteroatoms. The lowest BCUT2D eigenvalue weighted by Gasteiger charge is -2.32. The standard InChI is InChI=1S/C27H24BN3O3/c1-26(2)27(3,4)34-28(33-26)25-30-23(17-10-6-5-7-11-17)29-24(31-25)18-14-15-20-19-12-8-9-13-21(19)32-22(20)16-18/h5-16H,1-4H3. The molecule has 3 aromatic carbocycles. The van der Waals surface area contributed by atoms with E-state index < -0.39 is 18.3 Å². The normalized spacial score (nSPS) is 17.0. The number of aromatic nitrogens is 3. The first-order valence-electron chi connectivity index (χ1n) is 11.4. The van der Waals surface area contributed by atoms with Crippen LogP contribution in [0.15, 0.2) is 77.2 Å². The molecule has 1 fully saturated rings. The van der Waals surface area contributed by atoms with Gasteiger partial charge in [0.05, 0.1) is 11.2 Å². The van der Waals surface area contributed by atoms with Crippen molar-refractivity contribution < 1.29 is 13.7 Å². The zero-order chi connectivity index (χ0) is 23.5. The molecule has 2 aromatic heterocycles. The summed E-state index contributed by atoms with van der Waals surface area (Å²) >= 11 is 0. The van der Waals surface area contributed by atoms with Gasteiger partial charge in [-0.2, -0.15) is 0 Å². The first kappa shape index (κ1) is 21.0. The zero-order valence-corrected chi connectivity index (χ0v) is 19.6. The lowest BCUT2D eigenvalue weighted by molar-refractivity contribution is 0.00578. The number of furan rings is 1. The number of benzene rings is 3. The van der Waals surface area contributed by atoms with Gasteiger partial charge in [0, 0.05) is 21.9 Å². The van der Waals surface area contributed by atoms with Gasteiger partial charge in [-0.15, -0.1) is 0 Å². The first-order valence-corrected chi connectivity index (χ1v) is 11.4. The van der Waals surface area contributed by atoms with E-state index in [0.29, 0.717) is 17.4 Å². The maximum atomic E-state index is 6.25. The Morgan fingerprint density at radius 1 is 0.618 bits per heavy atom. The summed E-state index contributed by atoms with van der Waals surface area (Å²) in [5, 5.41) is 2.14. The van der Waals surface area contributed by atoms with E-state index in [9.17, 15) is 0 Å². The van der Waals surface area contributed by atoms with Crippen LogP contribution in [-0.4, -0.2) is 33.3 Å². The van der Waals surface area contributed by atoms with Gasteiger partial charge in [0.2, 0.25) is 0 Å². The molecule has 3 heterocycles. The molecule has 6 rings (SSSR count). The third-order valence-corrected chi connectivity index (χ3v) is 6.79. The largest absolute Gasteiger partial charge is 0.534 e. The molecule has 0 saturated carbocycles. The summed E-state index contributed by atoms with van der Waals surface area (Å²) in [7, 11) is -0.691. The fourth-order valence-electron chi connectivity index (χ4n) is 4.16. The summed E-state index contributed by atoms with van der Waals surface area (Å²) in [6, 6.07) is 23.9. The van der Waals surface area contributed by atoms with Gasteiger partial charge in [-0.1, -0.05) is 54.6 Å². The van der Waals surface area contributed by atoms with Crippen LogP contribution in [-0.2, 0) is 9.31 Å². The molecule has 0 aliphatic carbocycles. The van der Waals surface area contributed by atoms with Crippen molar-refractivity contribution in [3.63, 3.8) is 0 Å². The molecule has 1 aliphatic heterocycles. The van der Waals surface area contributed by atoms with Crippen LogP contribution in [0.2, 0.25) is 0 Å². The third-order valence-electron chi connectivity index (χ3n) is 6.79. The Kier molecular flexibility index (Phi) is 4.63. The van der Waals surface area contributed by atoms with Crippen molar-refractivity contribution in [2.24, 2.45) is 0 Å². The van der Waals surface area contributed by atoms with Crippen LogP contribution in [0.1, 0.15) is 27.7 Å². The Labute approximate surface area is 198 Å². The molecule has 0 spiro atoms. The Balaban J connectivity index is 1.50. The molecule has 0 bridgehead atoms. The summed E-state index contributed by atoms with van der Waals surface area (Å²) in [5.74, 6) is 1.11. The highest BCUT2D eigenvalue weighted by Crippen LogP contribution is 2.36. The smallest absolute Gasteiger partial charge is 0.456 e. The van der Waals surface area contributed by atoms with E-state index in [1.165, 1.54) is 0 Å². The van der Waals surface area contributed by atoms with E-state index in [2.05, 4.69) is 12.1 Å². The molecule has 168 valence electrons. The second kappa shape index (κ2) is 7.48. The minimum atomic E-state index is -0.691. The maximum Gasteiger partial charge on any atom is 0.534 e. The SMILES string of the molecule is CC1(C)OB(c2nc(-c3ccccc3)nc(-c3ccc4c(c3)oc3ccccc34)n2)OC1(C)C. The highest BCUT2D eigenvalue weighted by molar-refractivity contribution is 6.60. The molecule has 1 aliphatic rings. The van der Waals surface area contributed by atoms with Gasteiger partial charge in [0.15, 0.2) is 17.4 Å². The average Bonchev–Trinajstić information content (AvgIpc) is 3.31. The van der Waals surface area contributed by atoms with Gasteiger partial charge in [0.25, 0.3) is 0 Å². The molecule has 0 radical (unpaired) electrons. The average molecular weight is 449 g/mol. The van der Waals surface area contributed by atoms with Crippen LogP contribution in [0, 0.1) is 0 Å². The third kappa shape index (κ3) is 3.40. The monoisotopic (exact) mass is 449 g/mol. The Morgan fingerprint density at radius 3 is 1.97 bits per heavy atom. The fraction of sp³-hybridized carbons (Fsp3) is 0.222. The summed E-state index contributed by atoms with van der Waals surface area (Å²) in [5.41, 5.74) is 2.84.